The van der Waals surface area contributed by atoms with Crippen LogP contribution in [0.4, 0.5) is 24.5 Å². The third kappa shape index (κ3) is 8.17. The van der Waals surface area contributed by atoms with Gasteiger partial charge in [-0.05, 0) is 63.1 Å². The van der Waals surface area contributed by atoms with Gasteiger partial charge in [0.1, 0.15) is 5.75 Å². The molecule has 0 aliphatic carbocycles. The first-order valence-electron chi connectivity index (χ1n) is 15.1. The standard InChI is InChI=1S/C32H38F3N5O6/c1-30(2,20-39-13-15-40(16-14-39)24-9-6-22(7-10-24)28(41)46-29(42)32(33,34)35)38-31(12-4-5-17-45-31)37-23-8-11-25(26(18-23)43-3)27-19-36-21-44-27/h6-11,18-19,21,37-38H,4-5,12-17,20H2,1-3H3. The van der Waals surface area contributed by atoms with Gasteiger partial charge in [0, 0.05) is 62.1 Å². The average Bonchev–Trinajstić information content (AvgIpc) is 3.56. The van der Waals surface area contributed by atoms with E-state index in [4.69, 9.17) is 13.9 Å². The number of esters is 2. The van der Waals surface area contributed by atoms with Crippen molar-refractivity contribution in [2.24, 2.45) is 0 Å². The summed E-state index contributed by atoms with van der Waals surface area (Å²) in [4.78, 5) is 31.4. The topological polar surface area (TPSA) is 118 Å². The van der Waals surface area contributed by atoms with E-state index in [-0.39, 0.29) is 11.1 Å². The summed E-state index contributed by atoms with van der Waals surface area (Å²) in [5.41, 5.74) is 1.98. The molecule has 0 spiro atoms. The van der Waals surface area contributed by atoms with Gasteiger partial charge in [-0.3, -0.25) is 10.2 Å². The van der Waals surface area contributed by atoms with Crippen molar-refractivity contribution in [2.75, 3.05) is 56.7 Å². The Hall–Kier alpha value is -4.14. The molecular weight excluding hydrogens is 607 g/mol. The summed E-state index contributed by atoms with van der Waals surface area (Å²) in [6.07, 6.45) is 0.536. The number of piperazine rings is 1. The number of carbonyl (C=O) groups excluding carboxylic acids is 2. The summed E-state index contributed by atoms with van der Waals surface area (Å²) in [5, 5.41) is 7.37. The van der Waals surface area contributed by atoms with Crippen LogP contribution in [0.1, 0.15) is 43.5 Å². The average molecular weight is 646 g/mol. The Bertz CT molecular complexity index is 1480. The number of benzene rings is 2. The summed E-state index contributed by atoms with van der Waals surface area (Å²) < 4.78 is 58.6. The zero-order valence-corrected chi connectivity index (χ0v) is 26.0. The van der Waals surface area contributed by atoms with E-state index < -0.39 is 24.0 Å². The molecule has 3 heterocycles. The second-order valence-electron chi connectivity index (χ2n) is 12.0. The van der Waals surface area contributed by atoms with E-state index in [1.54, 1.807) is 25.4 Å². The van der Waals surface area contributed by atoms with Gasteiger partial charge >= 0.3 is 18.1 Å². The number of alkyl halides is 3. The molecule has 248 valence electrons. The van der Waals surface area contributed by atoms with Crippen molar-refractivity contribution in [3.05, 3.63) is 60.6 Å². The van der Waals surface area contributed by atoms with Crippen molar-refractivity contribution in [1.29, 1.82) is 0 Å². The fourth-order valence-corrected chi connectivity index (χ4v) is 5.90. The second kappa shape index (κ2) is 13.7. The number of nitrogens with zero attached hydrogens (tertiary/aromatic N) is 3. The lowest BCUT2D eigenvalue weighted by atomic mass is 9.99. The van der Waals surface area contributed by atoms with Crippen LogP contribution < -0.4 is 20.3 Å². The summed E-state index contributed by atoms with van der Waals surface area (Å²) in [7, 11) is 1.62. The number of aromatic nitrogens is 1. The minimum Gasteiger partial charge on any atom is -0.496 e. The molecule has 0 amide bonds. The number of nitrogens with one attached hydrogen (secondary N) is 2. The third-order valence-corrected chi connectivity index (χ3v) is 7.93. The molecule has 0 bridgehead atoms. The zero-order chi connectivity index (χ0) is 33.0. The van der Waals surface area contributed by atoms with E-state index in [0.717, 1.165) is 55.8 Å². The largest absolute Gasteiger partial charge is 0.496 e. The number of hydrogen-bond acceptors (Lipinski definition) is 11. The van der Waals surface area contributed by atoms with E-state index in [1.165, 1.54) is 18.5 Å². The maximum absolute atomic E-state index is 12.4. The van der Waals surface area contributed by atoms with Gasteiger partial charge in [0.2, 0.25) is 0 Å². The molecule has 11 nitrogen and oxygen atoms in total. The Morgan fingerprint density at radius 3 is 2.39 bits per heavy atom. The lowest BCUT2D eigenvalue weighted by Gasteiger charge is -2.47. The van der Waals surface area contributed by atoms with Crippen LogP contribution in [-0.2, 0) is 14.3 Å². The molecule has 2 aliphatic heterocycles. The first-order chi connectivity index (χ1) is 21.9. The first kappa shape index (κ1) is 33.2. The highest BCUT2D eigenvalue weighted by Crippen LogP contribution is 2.35. The van der Waals surface area contributed by atoms with E-state index >= 15 is 0 Å². The number of methoxy groups -OCH3 is 1. The number of ether oxygens (including phenoxy) is 3. The normalized spacial score (nSPS) is 19.5. The number of halogens is 3. The molecule has 2 N–H and O–H groups in total. The van der Waals surface area contributed by atoms with E-state index in [9.17, 15) is 22.8 Å². The van der Waals surface area contributed by atoms with E-state index in [1.807, 2.05) is 18.2 Å². The predicted molar refractivity (Wildman–Crippen MR) is 163 cm³/mol. The summed E-state index contributed by atoms with van der Waals surface area (Å²) in [6.45, 7) is 8.64. The van der Waals surface area contributed by atoms with E-state index in [0.29, 0.717) is 31.2 Å². The number of carbonyl (C=O) groups is 2. The van der Waals surface area contributed by atoms with Gasteiger partial charge in [0.05, 0.1) is 31.0 Å². The maximum Gasteiger partial charge on any atom is 0.491 e. The smallest absolute Gasteiger partial charge is 0.491 e. The van der Waals surface area contributed by atoms with Crippen LogP contribution in [0.25, 0.3) is 11.3 Å². The number of anilines is 2. The predicted octanol–water partition coefficient (Wildman–Crippen LogP) is 5.05. The van der Waals surface area contributed by atoms with Crippen LogP contribution in [0, 0.1) is 0 Å². The fraction of sp³-hybridized carbons (Fsp3) is 0.469. The molecule has 0 radical (unpaired) electrons. The van der Waals surface area contributed by atoms with Crippen molar-refractivity contribution in [2.45, 2.75) is 50.7 Å². The van der Waals surface area contributed by atoms with Gasteiger partial charge in [-0.25, -0.2) is 14.6 Å². The first-order valence-corrected chi connectivity index (χ1v) is 15.1. The summed E-state index contributed by atoms with van der Waals surface area (Å²) in [5.74, 6) is -3.40. The maximum atomic E-state index is 12.4. The van der Waals surface area contributed by atoms with Crippen molar-refractivity contribution < 1.29 is 41.4 Å². The van der Waals surface area contributed by atoms with Crippen LogP contribution in [0.2, 0.25) is 0 Å². The Morgan fingerprint density at radius 2 is 1.78 bits per heavy atom. The molecule has 2 fully saturated rings. The third-order valence-electron chi connectivity index (χ3n) is 7.93. The monoisotopic (exact) mass is 645 g/mol. The highest BCUT2D eigenvalue weighted by Gasteiger charge is 2.43. The molecule has 46 heavy (non-hydrogen) atoms. The molecule has 2 saturated heterocycles. The van der Waals surface area contributed by atoms with Gasteiger partial charge in [-0.2, -0.15) is 13.2 Å². The Labute approximate surface area is 265 Å². The summed E-state index contributed by atoms with van der Waals surface area (Å²) >= 11 is 0. The highest BCUT2D eigenvalue weighted by molar-refractivity contribution is 5.98. The molecule has 3 aromatic rings. The van der Waals surface area contributed by atoms with Crippen molar-refractivity contribution in [3.8, 4) is 17.1 Å². The van der Waals surface area contributed by atoms with Crippen molar-refractivity contribution >= 4 is 23.3 Å². The molecule has 5 rings (SSSR count). The summed E-state index contributed by atoms with van der Waals surface area (Å²) in [6, 6.07) is 11.8. The van der Waals surface area contributed by atoms with Crippen LogP contribution in [0.5, 0.6) is 5.75 Å². The molecule has 1 unspecified atom stereocenters. The number of oxazole rings is 1. The molecule has 1 atom stereocenters. The number of hydrogen-bond donors (Lipinski definition) is 2. The fourth-order valence-electron chi connectivity index (χ4n) is 5.90. The molecule has 14 heteroatoms. The highest BCUT2D eigenvalue weighted by atomic mass is 19.4. The van der Waals surface area contributed by atoms with Gasteiger partial charge in [-0.1, -0.05) is 0 Å². The van der Waals surface area contributed by atoms with Crippen LogP contribution in [0.15, 0.2) is 59.5 Å². The van der Waals surface area contributed by atoms with Gasteiger partial charge in [0.25, 0.3) is 0 Å². The van der Waals surface area contributed by atoms with E-state index in [2.05, 4.69) is 44.0 Å². The number of rotatable bonds is 10. The Balaban J connectivity index is 1.18. The molecule has 0 saturated carbocycles. The minimum absolute atomic E-state index is 0.135. The zero-order valence-electron chi connectivity index (χ0n) is 26.0. The van der Waals surface area contributed by atoms with Crippen LogP contribution >= 0.6 is 0 Å². The van der Waals surface area contributed by atoms with Crippen molar-refractivity contribution in [1.82, 2.24) is 15.2 Å². The lowest BCUT2D eigenvalue weighted by Crippen LogP contribution is -2.65. The van der Waals surface area contributed by atoms with Crippen molar-refractivity contribution in [3.63, 3.8) is 0 Å². The van der Waals surface area contributed by atoms with Gasteiger partial charge in [-0.15, -0.1) is 0 Å². The molecule has 1 aromatic heterocycles. The van der Waals surface area contributed by atoms with Crippen LogP contribution in [0.3, 0.4) is 0 Å². The quantitative estimate of drug-likeness (QED) is 0.175. The van der Waals surface area contributed by atoms with Crippen LogP contribution in [-0.4, -0.2) is 85.8 Å². The molecular formula is C32H38F3N5O6. The minimum atomic E-state index is -5.24. The second-order valence-corrected chi connectivity index (χ2v) is 12.0. The SMILES string of the molecule is COc1cc(NC2(NC(C)(C)CN3CCN(c4ccc(C(=O)OC(=O)C(F)(F)F)cc4)CC3)CCCCO2)ccc1-c1cnco1. The molecule has 2 aliphatic rings. The van der Waals surface area contributed by atoms with Gasteiger partial charge in [0.15, 0.2) is 18.0 Å². The lowest BCUT2D eigenvalue weighted by molar-refractivity contribution is -0.193. The Morgan fingerprint density at radius 1 is 1.04 bits per heavy atom. The van der Waals surface area contributed by atoms with Gasteiger partial charge < -0.3 is 28.8 Å². The molecule has 2 aromatic carbocycles. The Kier molecular flexibility index (Phi) is 9.89.